The molecule has 1 unspecified atom stereocenters. The van der Waals surface area contributed by atoms with Crippen molar-refractivity contribution >= 4 is 11.8 Å². The van der Waals surface area contributed by atoms with Gasteiger partial charge in [0.25, 0.3) is 0 Å². The van der Waals surface area contributed by atoms with Crippen molar-refractivity contribution in [3.63, 3.8) is 0 Å². The van der Waals surface area contributed by atoms with E-state index >= 15 is 0 Å². The third-order valence-electron chi connectivity index (χ3n) is 3.19. The molecule has 0 saturated carbocycles. The number of likely N-dealkylation sites (N-methyl/N-ethyl adjacent to an activating group) is 1. The van der Waals surface area contributed by atoms with Gasteiger partial charge in [-0.2, -0.15) is 0 Å². The zero-order valence-corrected chi connectivity index (χ0v) is 12.1. The van der Waals surface area contributed by atoms with E-state index in [0.717, 1.165) is 11.3 Å². The van der Waals surface area contributed by atoms with Crippen molar-refractivity contribution in [3.8, 4) is 5.75 Å². The molecule has 0 aliphatic rings. The molecule has 1 aromatic rings. The number of rotatable bonds is 6. The molecule has 6 heteroatoms. The first-order valence-corrected chi connectivity index (χ1v) is 6.36. The second-order valence-corrected chi connectivity index (χ2v) is 4.43. The first kappa shape index (κ1) is 16.0. The van der Waals surface area contributed by atoms with E-state index in [0.29, 0.717) is 0 Å². The number of benzene rings is 1. The van der Waals surface area contributed by atoms with Crippen LogP contribution in [0.3, 0.4) is 0 Å². The Morgan fingerprint density at radius 1 is 1.35 bits per heavy atom. The molecule has 0 spiro atoms. The number of hydrogen-bond acceptors (Lipinski definition) is 4. The maximum absolute atomic E-state index is 11.9. The molecule has 3 N–H and O–H groups in total. The summed E-state index contributed by atoms with van der Waals surface area (Å²) in [4.78, 5) is 24.6. The Kier molecular flexibility index (Phi) is 5.99. The van der Waals surface area contributed by atoms with Gasteiger partial charge in [-0.3, -0.25) is 9.59 Å². The number of carbonyl (C=O) groups is 2. The first-order valence-electron chi connectivity index (χ1n) is 6.36. The lowest BCUT2D eigenvalue weighted by molar-refractivity contribution is -0.133. The number of nitrogens with zero attached hydrogens (tertiary/aromatic N) is 1. The molecule has 0 fully saturated rings. The van der Waals surface area contributed by atoms with Gasteiger partial charge in [-0.25, -0.2) is 0 Å². The fourth-order valence-electron chi connectivity index (χ4n) is 1.69. The zero-order valence-electron chi connectivity index (χ0n) is 12.1. The molecule has 0 aromatic heterocycles. The van der Waals surface area contributed by atoms with Gasteiger partial charge in [0, 0.05) is 7.05 Å². The molecular formula is C14H21N3O3. The Labute approximate surface area is 118 Å². The van der Waals surface area contributed by atoms with Gasteiger partial charge in [-0.1, -0.05) is 12.1 Å². The van der Waals surface area contributed by atoms with E-state index in [1.165, 1.54) is 0 Å². The Morgan fingerprint density at radius 2 is 1.95 bits per heavy atom. The van der Waals surface area contributed by atoms with Crippen LogP contribution in [0.25, 0.3) is 0 Å². The van der Waals surface area contributed by atoms with Crippen molar-refractivity contribution in [2.75, 3.05) is 27.2 Å². The van der Waals surface area contributed by atoms with Crippen LogP contribution in [-0.2, 0) is 9.59 Å². The van der Waals surface area contributed by atoms with Crippen molar-refractivity contribution in [2.24, 2.45) is 5.73 Å². The molecule has 0 aliphatic heterocycles. The van der Waals surface area contributed by atoms with Gasteiger partial charge in [0.1, 0.15) is 5.75 Å². The molecule has 2 amide bonds. The first-order chi connectivity index (χ1) is 9.49. The van der Waals surface area contributed by atoms with Crippen LogP contribution < -0.4 is 15.8 Å². The molecule has 20 heavy (non-hydrogen) atoms. The highest BCUT2D eigenvalue weighted by molar-refractivity contribution is 5.85. The monoisotopic (exact) mass is 279 g/mol. The lowest BCUT2D eigenvalue weighted by Gasteiger charge is -2.25. The van der Waals surface area contributed by atoms with Crippen LogP contribution in [0.2, 0.25) is 0 Å². The van der Waals surface area contributed by atoms with Crippen molar-refractivity contribution in [2.45, 2.75) is 13.0 Å². The van der Waals surface area contributed by atoms with Crippen LogP contribution in [0.1, 0.15) is 18.5 Å². The Bertz CT molecular complexity index is 459. The standard InChI is InChI=1S/C14H21N3O3/c1-10(11-4-6-12(20-3)7-5-11)17(2)14(19)9-16-13(18)8-15/h4-7,10H,8-9,15H2,1-3H3,(H,16,18). The number of carbonyl (C=O) groups excluding carboxylic acids is 2. The smallest absolute Gasteiger partial charge is 0.242 e. The highest BCUT2D eigenvalue weighted by atomic mass is 16.5. The molecule has 1 rings (SSSR count). The topological polar surface area (TPSA) is 84.7 Å². The predicted molar refractivity (Wildman–Crippen MR) is 76.2 cm³/mol. The van der Waals surface area contributed by atoms with Crippen LogP contribution in [0.4, 0.5) is 0 Å². The Balaban J connectivity index is 2.62. The highest BCUT2D eigenvalue weighted by Crippen LogP contribution is 2.21. The normalized spacial score (nSPS) is 11.6. The van der Waals surface area contributed by atoms with E-state index in [1.807, 2.05) is 31.2 Å². The summed E-state index contributed by atoms with van der Waals surface area (Å²) in [6, 6.07) is 7.42. The second kappa shape index (κ2) is 7.49. The quantitative estimate of drug-likeness (QED) is 0.784. The van der Waals surface area contributed by atoms with Gasteiger partial charge in [-0.15, -0.1) is 0 Å². The van der Waals surface area contributed by atoms with E-state index in [9.17, 15) is 9.59 Å². The number of amides is 2. The van der Waals surface area contributed by atoms with Gasteiger partial charge < -0.3 is 20.7 Å². The second-order valence-electron chi connectivity index (χ2n) is 4.43. The number of methoxy groups -OCH3 is 1. The lowest BCUT2D eigenvalue weighted by Crippen LogP contribution is -2.41. The van der Waals surface area contributed by atoms with Crippen LogP contribution in [0.15, 0.2) is 24.3 Å². The van der Waals surface area contributed by atoms with Gasteiger partial charge in [0.15, 0.2) is 0 Å². The van der Waals surface area contributed by atoms with Crippen molar-refractivity contribution < 1.29 is 14.3 Å². The van der Waals surface area contributed by atoms with Crippen LogP contribution in [-0.4, -0.2) is 44.0 Å². The predicted octanol–water partition coefficient (Wildman–Crippen LogP) is 0.290. The maximum Gasteiger partial charge on any atom is 0.242 e. The van der Waals surface area contributed by atoms with E-state index < -0.39 is 0 Å². The number of hydrogen-bond donors (Lipinski definition) is 2. The van der Waals surface area contributed by atoms with E-state index in [2.05, 4.69) is 5.32 Å². The fourth-order valence-corrected chi connectivity index (χ4v) is 1.69. The van der Waals surface area contributed by atoms with Crippen molar-refractivity contribution in [3.05, 3.63) is 29.8 Å². The third kappa shape index (κ3) is 4.24. The van der Waals surface area contributed by atoms with Crippen molar-refractivity contribution in [1.29, 1.82) is 0 Å². The lowest BCUT2D eigenvalue weighted by atomic mass is 10.1. The summed E-state index contributed by atoms with van der Waals surface area (Å²) in [6.07, 6.45) is 0. The summed E-state index contributed by atoms with van der Waals surface area (Å²) in [6.45, 7) is 1.75. The average molecular weight is 279 g/mol. The molecule has 0 heterocycles. The van der Waals surface area contributed by atoms with Crippen LogP contribution in [0, 0.1) is 0 Å². The summed E-state index contributed by atoms with van der Waals surface area (Å²) in [5, 5.41) is 2.46. The minimum absolute atomic E-state index is 0.0486. The molecule has 110 valence electrons. The van der Waals surface area contributed by atoms with Gasteiger partial charge in [0.2, 0.25) is 11.8 Å². The molecular weight excluding hydrogens is 258 g/mol. The summed E-state index contributed by atoms with van der Waals surface area (Å²) < 4.78 is 5.09. The number of nitrogens with two attached hydrogens (primary N) is 1. The summed E-state index contributed by atoms with van der Waals surface area (Å²) in [5.41, 5.74) is 6.16. The molecule has 6 nitrogen and oxygen atoms in total. The summed E-state index contributed by atoms with van der Waals surface area (Å²) in [5.74, 6) is 0.254. The minimum atomic E-state index is -0.344. The molecule has 0 bridgehead atoms. The average Bonchev–Trinajstić information content (AvgIpc) is 2.50. The van der Waals surface area contributed by atoms with Crippen molar-refractivity contribution in [1.82, 2.24) is 10.2 Å². The SMILES string of the molecule is COc1ccc(C(C)N(C)C(=O)CNC(=O)CN)cc1. The molecule has 0 saturated heterocycles. The number of ether oxygens (including phenoxy) is 1. The van der Waals surface area contributed by atoms with Gasteiger partial charge in [-0.05, 0) is 24.6 Å². The third-order valence-corrected chi connectivity index (χ3v) is 3.19. The van der Waals surface area contributed by atoms with E-state index in [4.69, 9.17) is 10.5 Å². The van der Waals surface area contributed by atoms with E-state index in [-0.39, 0.29) is 30.9 Å². The van der Waals surface area contributed by atoms with Gasteiger partial charge >= 0.3 is 0 Å². The van der Waals surface area contributed by atoms with Gasteiger partial charge in [0.05, 0.1) is 26.2 Å². The zero-order chi connectivity index (χ0) is 15.1. The van der Waals surface area contributed by atoms with Crippen LogP contribution >= 0.6 is 0 Å². The minimum Gasteiger partial charge on any atom is -0.497 e. The number of nitrogens with one attached hydrogen (secondary N) is 1. The molecule has 0 radical (unpaired) electrons. The molecule has 1 atom stereocenters. The summed E-state index contributed by atoms with van der Waals surface area (Å²) in [7, 11) is 3.31. The highest BCUT2D eigenvalue weighted by Gasteiger charge is 2.17. The Morgan fingerprint density at radius 3 is 2.45 bits per heavy atom. The Hall–Kier alpha value is -2.08. The molecule has 0 aliphatic carbocycles. The fraction of sp³-hybridized carbons (Fsp3) is 0.429. The molecule has 1 aromatic carbocycles. The van der Waals surface area contributed by atoms with Crippen LogP contribution in [0.5, 0.6) is 5.75 Å². The largest absolute Gasteiger partial charge is 0.497 e. The summed E-state index contributed by atoms with van der Waals surface area (Å²) >= 11 is 0. The van der Waals surface area contributed by atoms with E-state index in [1.54, 1.807) is 19.1 Å². The maximum atomic E-state index is 11.9.